The minimum Gasteiger partial charge on any atom is -0.483 e. The molecule has 1 aliphatic carbocycles. The minimum atomic E-state index is -0.250. The van der Waals surface area contributed by atoms with Crippen molar-refractivity contribution in [2.75, 3.05) is 31.1 Å². The number of amides is 1. The highest BCUT2D eigenvalue weighted by molar-refractivity contribution is 5.82. The Morgan fingerprint density at radius 1 is 1.30 bits per heavy atom. The van der Waals surface area contributed by atoms with Crippen LogP contribution >= 0.6 is 0 Å². The maximum atomic E-state index is 14.0. The van der Waals surface area contributed by atoms with Crippen molar-refractivity contribution in [1.82, 2.24) is 9.88 Å². The average Bonchev–Trinajstić information content (AvgIpc) is 3.16. The van der Waals surface area contributed by atoms with Gasteiger partial charge in [-0.25, -0.2) is 9.37 Å². The van der Waals surface area contributed by atoms with Gasteiger partial charge in [0, 0.05) is 38.3 Å². The number of likely N-dealkylation sites (tertiary alicyclic amines) is 1. The fraction of sp³-hybridized carbons (Fsp3) is 0.650. The lowest BCUT2D eigenvalue weighted by molar-refractivity contribution is -0.132. The van der Waals surface area contributed by atoms with E-state index in [9.17, 15) is 9.18 Å². The van der Waals surface area contributed by atoms with Crippen molar-refractivity contribution < 1.29 is 19.1 Å². The van der Waals surface area contributed by atoms with Crippen molar-refractivity contribution in [3.63, 3.8) is 0 Å². The Labute approximate surface area is 159 Å². The van der Waals surface area contributed by atoms with E-state index in [1.54, 1.807) is 12.3 Å². The number of hydrogen-bond acceptors (Lipinski definition) is 4. The van der Waals surface area contributed by atoms with Crippen LogP contribution in [0.4, 0.5) is 10.2 Å². The number of carboxylic acid groups (broad SMARTS) is 1. The first-order chi connectivity index (χ1) is 12.9. The third-order valence-electron chi connectivity index (χ3n) is 6.28. The van der Waals surface area contributed by atoms with E-state index < -0.39 is 0 Å². The van der Waals surface area contributed by atoms with E-state index in [2.05, 4.69) is 28.6 Å². The molecule has 4 rings (SSSR count). The first-order valence-electron chi connectivity index (χ1n) is 9.59. The minimum absolute atomic E-state index is 0.203. The molecule has 7 heteroatoms. The molecule has 3 aliphatic rings. The van der Waals surface area contributed by atoms with E-state index in [4.69, 9.17) is 9.90 Å². The highest BCUT2D eigenvalue weighted by Crippen LogP contribution is 2.53. The zero-order valence-corrected chi connectivity index (χ0v) is 16.0. The predicted molar refractivity (Wildman–Crippen MR) is 99.8 cm³/mol. The van der Waals surface area contributed by atoms with Crippen LogP contribution in [0.5, 0.6) is 0 Å². The molecule has 27 heavy (non-hydrogen) atoms. The number of carbonyl (C=O) groups is 2. The molecule has 3 atom stereocenters. The topological polar surface area (TPSA) is 73.7 Å². The number of anilines is 1. The second-order valence-electron chi connectivity index (χ2n) is 8.49. The quantitative estimate of drug-likeness (QED) is 0.802. The standard InChI is InChI=1S/C19H26FN3O.CH2O2/c1-19(2)10-15(19)18(24)23-11-13-5-8-22(9-6-14(13)12-23)17-16(20)4-3-7-21-17;2-1-3/h3-4,7,13-15H,5-6,8-12H2,1-2H3;1H,(H,2,3)/t13-,14+,15?;. The van der Waals surface area contributed by atoms with Gasteiger partial charge >= 0.3 is 0 Å². The number of nitrogens with zero attached hydrogens (tertiary/aromatic N) is 3. The lowest BCUT2D eigenvalue weighted by Crippen LogP contribution is -2.33. The van der Waals surface area contributed by atoms with Gasteiger partial charge in [0.1, 0.15) is 0 Å². The lowest BCUT2D eigenvalue weighted by Gasteiger charge is -2.23. The molecule has 1 saturated carbocycles. The van der Waals surface area contributed by atoms with Gasteiger partial charge in [0.05, 0.1) is 0 Å². The van der Waals surface area contributed by atoms with Gasteiger partial charge < -0.3 is 14.9 Å². The van der Waals surface area contributed by atoms with Gasteiger partial charge in [0.15, 0.2) is 11.6 Å². The van der Waals surface area contributed by atoms with Gasteiger partial charge in [-0.3, -0.25) is 9.59 Å². The van der Waals surface area contributed by atoms with E-state index >= 15 is 0 Å². The highest BCUT2D eigenvalue weighted by Gasteiger charge is 2.53. The predicted octanol–water partition coefficient (Wildman–Crippen LogP) is 2.64. The second kappa shape index (κ2) is 7.82. The molecule has 0 bridgehead atoms. The molecule has 3 heterocycles. The maximum Gasteiger partial charge on any atom is 0.290 e. The van der Waals surface area contributed by atoms with Crippen molar-refractivity contribution in [1.29, 1.82) is 0 Å². The maximum absolute atomic E-state index is 14.0. The Balaban J connectivity index is 0.000000659. The van der Waals surface area contributed by atoms with Gasteiger partial charge in [0.2, 0.25) is 5.91 Å². The summed E-state index contributed by atoms with van der Waals surface area (Å²) in [5, 5.41) is 6.89. The van der Waals surface area contributed by atoms with Crippen LogP contribution in [-0.4, -0.2) is 53.5 Å². The molecule has 1 aromatic rings. The number of aromatic nitrogens is 1. The third-order valence-corrected chi connectivity index (χ3v) is 6.28. The fourth-order valence-electron chi connectivity index (χ4n) is 4.46. The van der Waals surface area contributed by atoms with E-state index in [1.807, 2.05) is 0 Å². The summed E-state index contributed by atoms with van der Waals surface area (Å²) in [6, 6.07) is 3.11. The summed E-state index contributed by atoms with van der Waals surface area (Å²) in [7, 11) is 0. The van der Waals surface area contributed by atoms with Crippen LogP contribution in [-0.2, 0) is 9.59 Å². The van der Waals surface area contributed by atoms with Gasteiger partial charge in [-0.1, -0.05) is 13.8 Å². The van der Waals surface area contributed by atoms with Gasteiger partial charge in [-0.05, 0) is 48.6 Å². The molecule has 2 saturated heterocycles. The molecule has 0 aromatic carbocycles. The van der Waals surface area contributed by atoms with Crippen molar-refractivity contribution >= 4 is 18.2 Å². The smallest absolute Gasteiger partial charge is 0.290 e. The number of fused-ring (bicyclic) bond motifs is 1. The molecule has 0 radical (unpaired) electrons. The van der Waals surface area contributed by atoms with Crippen molar-refractivity contribution in [2.45, 2.75) is 33.1 Å². The van der Waals surface area contributed by atoms with E-state index in [1.165, 1.54) is 6.07 Å². The molecule has 2 aliphatic heterocycles. The van der Waals surface area contributed by atoms with E-state index in [0.29, 0.717) is 23.6 Å². The molecular formula is C20H28FN3O3. The SMILES string of the molecule is CC1(C)CC1C(=O)N1C[C@H]2CCN(c3ncccc3F)CC[C@H]2C1.O=CO. The van der Waals surface area contributed by atoms with Crippen LogP contribution in [0.3, 0.4) is 0 Å². The molecule has 1 aromatic heterocycles. The Hall–Kier alpha value is -2.18. The summed E-state index contributed by atoms with van der Waals surface area (Å²) in [5.41, 5.74) is 0.203. The average molecular weight is 377 g/mol. The van der Waals surface area contributed by atoms with Crippen LogP contribution in [0, 0.1) is 29.0 Å². The zero-order chi connectivity index (χ0) is 19.6. The first-order valence-corrected chi connectivity index (χ1v) is 9.59. The Kier molecular flexibility index (Phi) is 5.67. The molecule has 1 N–H and O–H groups in total. The normalized spacial score (nSPS) is 28.5. The zero-order valence-electron chi connectivity index (χ0n) is 16.0. The molecule has 1 unspecified atom stereocenters. The van der Waals surface area contributed by atoms with E-state index in [-0.39, 0.29) is 23.6 Å². The van der Waals surface area contributed by atoms with Crippen LogP contribution < -0.4 is 4.90 Å². The lowest BCUT2D eigenvalue weighted by atomic mass is 9.92. The van der Waals surface area contributed by atoms with Crippen molar-refractivity contribution in [3.8, 4) is 0 Å². The first kappa shape index (κ1) is 19.6. The third kappa shape index (κ3) is 4.22. The second-order valence-corrected chi connectivity index (χ2v) is 8.49. The summed E-state index contributed by atoms with van der Waals surface area (Å²) in [5.74, 6) is 1.93. The van der Waals surface area contributed by atoms with Gasteiger partial charge in [0.25, 0.3) is 6.47 Å². The van der Waals surface area contributed by atoms with Crippen LogP contribution in [0.2, 0.25) is 0 Å². The van der Waals surface area contributed by atoms with Gasteiger partial charge in [-0.15, -0.1) is 0 Å². The summed E-state index contributed by atoms with van der Waals surface area (Å²) >= 11 is 0. The summed E-state index contributed by atoms with van der Waals surface area (Å²) in [6.45, 7) is 7.54. The fourth-order valence-corrected chi connectivity index (χ4v) is 4.46. The summed E-state index contributed by atoms with van der Waals surface area (Å²) in [6.07, 6.45) is 4.71. The van der Waals surface area contributed by atoms with Crippen molar-refractivity contribution in [3.05, 3.63) is 24.1 Å². The summed E-state index contributed by atoms with van der Waals surface area (Å²) < 4.78 is 14.0. The summed E-state index contributed by atoms with van der Waals surface area (Å²) in [4.78, 5) is 29.4. The molecule has 148 valence electrons. The van der Waals surface area contributed by atoms with Crippen LogP contribution in [0.25, 0.3) is 0 Å². The number of hydrogen-bond donors (Lipinski definition) is 1. The molecule has 0 spiro atoms. The monoisotopic (exact) mass is 377 g/mol. The van der Waals surface area contributed by atoms with Crippen molar-refractivity contribution in [2.24, 2.45) is 23.2 Å². The number of pyridine rings is 1. The number of carbonyl (C=O) groups excluding carboxylic acids is 1. The Morgan fingerprint density at radius 3 is 2.33 bits per heavy atom. The Morgan fingerprint density at radius 2 is 1.85 bits per heavy atom. The van der Waals surface area contributed by atoms with Crippen LogP contribution in [0.1, 0.15) is 33.1 Å². The molecule has 1 amide bonds. The van der Waals surface area contributed by atoms with Gasteiger partial charge in [-0.2, -0.15) is 0 Å². The van der Waals surface area contributed by atoms with Crippen LogP contribution in [0.15, 0.2) is 18.3 Å². The molecule has 6 nitrogen and oxygen atoms in total. The Bertz CT molecular complexity index is 681. The highest BCUT2D eigenvalue weighted by atomic mass is 19.1. The molecule has 3 fully saturated rings. The number of halogens is 1. The molecular weight excluding hydrogens is 349 g/mol. The van der Waals surface area contributed by atoms with E-state index in [0.717, 1.165) is 45.4 Å². The largest absolute Gasteiger partial charge is 0.483 e. The number of rotatable bonds is 2.